The second kappa shape index (κ2) is 12.8. The fourth-order valence-corrected chi connectivity index (χ4v) is 16.8. The van der Waals surface area contributed by atoms with Gasteiger partial charge in [0.05, 0.1) is 29.3 Å². The van der Waals surface area contributed by atoms with Crippen LogP contribution in [0, 0.1) is 85.2 Å². The predicted molar refractivity (Wildman–Crippen MR) is 208 cm³/mol. The van der Waals surface area contributed by atoms with E-state index in [0.717, 1.165) is 64.2 Å². The van der Waals surface area contributed by atoms with Crippen molar-refractivity contribution in [1.82, 2.24) is 4.90 Å². The summed E-state index contributed by atoms with van der Waals surface area (Å²) in [5.74, 6) is -0.409. The van der Waals surface area contributed by atoms with Crippen molar-refractivity contribution in [3.63, 3.8) is 0 Å². The van der Waals surface area contributed by atoms with E-state index >= 15 is 0 Å². The fraction of sp³-hybridized carbons (Fsp3) is 0.870. The molecular formula is C46H71NO7. The van der Waals surface area contributed by atoms with E-state index in [4.69, 9.17) is 4.74 Å². The summed E-state index contributed by atoms with van der Waals surface area (Å²) in [7, 11) is 0. The van der Waals surface area contributed by atoms with Gasteiger partial charge < -0.3 is 19.8 Å². The highest BCUT2D eigenvalue weighted by atomic mass is 16.5. The Labute approximate surface area is 325 Å². The Bertz CT molecular complexity index is 1590. The maximum Gasteiger partial charge on any atom is 0.310 e. The first kappa shape index (κ1) is 39.8. The molecule has 6 aliphatic carbocycles. The van der Waals surface area contributed by atoms with Crippen molar-refractivity contribution in [1.29, 1.82) is 0 Å². The smallest absolute Gasteiger partial charge is 0.310 e. The number of hydrogen-bond acceptors (Lipinski definition) is 5. The van der Waals surface area contributed by atoms with Crippen LogP contribution in [0.25, 0.3) is 0 Å². The Morgan fingerprint density at radius 3 is 1.98 bits per heavy atom. The Balaban J connectivity index is 1.17. The van der Waals surface area contributed by atoms with Gasteiger partial charge in [0, 0.05) is 13.1 Å². The van der Waals surface area contributed by atoms with E-state index in [2.05, 4.69) is 53.0 Å². The van der Waals surface area contributed by atoms with Crippen molar-refractivity contribution in [3.05, 3.63) is 12.2 Å². The molecule has 12 atom stereocenters. The second-order valence-electron chi connectivity index (χ2n) is 21.7. The first-order valence-electron chi connectivity index (χ1n) is 21.7. The molecule has 2 N–H and O–H groups in total. The molecule has 1 heterocycles. The molecule has 0 aromatic carbocycles. The Morgan fingerprint density at radius 2 is 1.41 bits per heavy atom. The molecule has 54 heavy (non-hydrogen) atoms. The number of amides is 1. The van der Waals surface area contributed by atoms with Crippen LogP contribution in [0.5, 0.6) is 0 Å². The molecule has 0 spiro atoms. The fourth-order valence-electron chi connectivity index (χ4n) is 16.8. The van der Waals surface area contributed by atoms with Gasteiger partial charge >= 0.3 is 17.9 Å². The van der Waals surface area contributed by atoms with E-state index in [1.165, 1.54) is 5.57 Å². The monoisotopic (exact) mass is 750 g/mol. The van der Waals surface area contributed by atoms with Crippen molar-refractivity contribution in [3.8, 4) is 0 Å². The molecule has 6 saturated carbocycles. The average Bonchev–Trinajstić information content (AvgIpc) is 3.50. The molecule has 8 nitrogen and oxygen atoms in total. The van der Waals surface area contributed by atoms with Gasteiger partial charge in [0.1, 0.15) is 0 Å². The SMILES string of the molecule is C=C(C)[C@@H]1CC[C@]2(C(=O)N3CCC(C(=O)OCC)CC3)CC[C@]3(C)[C@H](CC[C@@H]4[C@]5(C)CC[C@H](C6(C(=O)O)CC(C(=O)O)C6(C)C)C(C)(C)[C@H]5CC[C@]43C)[C@@H]12. The van der Waals surface area contributed by atoms with Crippen LogP contribution in [0.1, 0.15) is 146 Å². The maximum absolute atomic E-state index is 15.0. The van der Waals surface area contributed by atoms with Gasteiger partial charge in [0.2, 0.25) is 5.91 Å². The zero-order valence-corrected chi connectivity index (χ0v) is 35.0. The van der Waals surface area contributed by atoms with E-state index in [0.29, 0.717) is 62.1 Å². The highest BCUT2D eigenvalue weighted by Gasteiger charge is 2.76. The molecule has 302 valence electrons. The van der Waals surface area contributed by atoms with E-state index in [1.54, 1.807) is 0 Å². The summed E-state index contributed by atoms with van der Waals surface area (Å²) in [6.07, 6.45) is 11.7. The molecule has 7 fully saturated rings. The topological polar surface area (TPSA) is 121 Å². The van der Waals surface area contributed by atoms with Crippen molar-refractivity contribution in [2.45, 2.75) is 146 Å². The number of likely N-dealkylation sites (tertiary alicyclic amines) is 1. The summed E-state index contributed by atoms with van der Waals surface area (Å²) in [6, 6.07) is 0. The summed E-state index contributed by atoms with van der Waals surface area (Å²) < 4.78 is 5.34. The average molecular weight is 750 g/mol. The minimum absolute atomic E-state index is 0.0534. The molecule has 0 aromatic heterocycles. The lowest BCUT2D eigenvalue weighted by Crippen LogP contribution is -2.71. The third kappa shape index (κ3) is 4.97. The third-order valence-electron chi connectivity index (χ3n) is 19.8. The van der Waals surface area contributed by atoms with Gasteiger partial charge in [-0.25, -0.2) is 0 Å². The largest absolute Gasteiger partial charge is 0.481 e. The molecule has 1 aliphatic heterocycles. The minimum Gasteiger partial charge on any atom is -0.481 e. The lowest BCUT2D eigenvalue weighted by atomic mass is 9.29. The number of esters is 1. The highest BCUT2D eigenvalue weighted by Crippen LogP contribution is 2.80. The van der Waals surface area contributed by atoms with E-state index in [-0.39, 0.29) is 57.2 Å². The molecule has 7 rings (SSSR count). The Morgan fingerprint density at radius 1 is 0.759 bits per heavy atom. The summed E-state index contributed by atoms with van der Waals surface area (Å²) in [5.41, 5.74) is -1.05. The Kier molecular flexibility index (Phi) is 9.45. The number of hydrogen-bond donors (Lipinski definition) is 2. The second-order valence-corrected chi connectivity index (χ2v) is 21.7. The lowest BCUT2D eigenvalue weighted by molar-refractivity contribution is -0.268. The number of rotatable bonds is 7. The minimum atomic E-state index is -1.04. The van der Waals surface area contributed by atoms with Gasteiger partial charge in [-0.05, 0) is 160 Å². The molecule has 8 heteroatoms. The highest BCUT2D eigenvalue weighted by molar-refractivity contribution is 5.85. The molecule has 2 unspecified atom stereocenters. The van der Waals surface area contributed by atoms with Gasteiger partial charge in [0.25, 0.3) is 0 Å². The van der Waals surface area contributed by atoms with E-state index in [9.17, 15) is 29.4 Å². The van der Waals surface area contributed by atoms with Crippen LogP contribution in [-0.2, 0) is 23.9 Å². The molecule has 0 radical (unpaired) electrons. The number of carbonyl (C=O) groups excluding carboxylic acids is 2. The van der Waals surface area contributed by atoms with Gasteiger partial charge in [-0.15, -0.1) is 0 Å². The first-order chi connectivity index (χ1) is 25.1. The zero-order valence-electron chi connectivity index (χ0n) is 35.0. The number of carboxylic acid groups (broad SMARTS) is 2. The number of ether oxygens (including phenoxy) is 1. The van der Waals surface area contributed by atoms with E-state index < -0.39 is 28.7 Å². The molecule has 0 bridgehead atoms. The summed E-state index contributed by atoms with van der Waals surface area (Å²) in [6.45, 7) is 26.4. The van der Waals surface area contributed by atoms with Crippen molar-refractivity contribution in [2.75, 3.05) is 19.7 Å². The van der Waals surface area contributed by atoms with Gasteiger partial charge in [0.15, 0.2) is 0 Å². The van der Waals surface area contributed by atoms with E-state index in [1.807, 2.05) is 20.8 Å². The van der Waals surface area contributed by atoms with Gasteiger partial charge in [-0.1, -0.05) is 60.6 Å². The van der Waals surface area contributed by atoms with Crippen molar-refractivity contribution < 1.29 is 34.1 Å². The van der Waals surface area contributed by atoms with Crippen molar-refractivity contribution in [2.24, 2.45) is 85.2 Å². The lowest BCUT2D eigenvalue weighted by Gasteiger charge is -2.74. The van der Waals surface area contributed by atoms with Crippen LogP contribution >= 0.6 is 0 Å². The zero-order chi connectivity index (χ0) is 39.6. The molecule has 7 aliphatic rings. The summed E-state index contributed by atoms with van der Waals surface area (Å²) in [4.78, 5) is 55.2. The number of piperidine rings is 1. The number of carbonyl (C=O) groups is 4. The van der Waals surface area contributed by atoms with Gasteiger partial charge in [-0.2, -0.15) is 0 Å². The standard InChI is InChI=1S/C46H71NO7/c1-11-54-37(50)28-17-24-47(25-18-28)38(51)45-21-14-29(27(2)3)35(45)30-12-13-34-42(8)19-15-33(46(39(52)53)26-31(36(48)49)41(46,6)7)40(4,5)32(42)16-20-44(34,10)43(30,9)22-23-45/h28-35H,2,11-26H2,1,3-10H3,(H,48,49)(H,52,53)/t29-,30+,31?,32+,33-,34+,35+,42+,43+,44+,45-,46?/m0/s1. The quantitative estimate of drug-likeness (QED) is 0.197. The van der Waals surface area contributed by atoms with Crippen LogP contribution in [-0.4, -0.2) is 58.6 Å². The Hall–Kier alpha value is -2.38. The van der Waals surface area contributed by atoms with Crippen LogP contribution < -0.4 is 0 Å². The molecular weight excluding hydrogens is 679 g/mol. The number of nitrogens with zero attached hydrogens (tertiary/aromatic N) is 1. The summed E-state index contributed by atoms with van der Waals surface area (Å²) >= 11 is 0. The number of allylic oxidation sites excluding steroid dienone is 1. The summed E-state index contributed by atoms with van der Waals surface area (Å²) in [5, 5.41) is 21.0. The molecule has 1 amide bonds. The number of carboxylic acids is 2. The van der Waals surface area contributed by atoms with Crippen LogP contribution in [0.15, 0.2) is 12.2 Å². The maximum atomic E-state index is 15.0. The van der Waals surface area contributed by atoms with Gasteiger partial charge in [-0.3, -0.25) is 19.2 Å². The van der Waals surface area contributed by atoms with Crippen molar-refractivity contribution >= 4 is 23.8 Å². The normalized spacial score (nSPS) is 46.5. The van der Waals surface area contributed by atoms with Crippen LogP contribution in [0.4, 0.5) is 0 Å². The van der Waals surface area contributed by atoms with Crippen LogP contribution in [0.3, 0.4) is 0 Å². The molecule has 1 saturated heterocycles. The van der Waals surface area contributed by atoms with Crippen LogP contribution in [0.2, 0.25) is 0 Å². The number of aliphatic carboxylic acids is 2. The third-order valence-corrected chi connectivity index (χ3v) is 19.8. The number of fused-ring (bicyclic) bond motifs is 7. The first-order valence-corrected chi connectivity index (χ1v) is 21.7. The molecule has 0 aromatic rings. The predicted octanol–water partition coefficient (Wildman–Crippen LogP) is 9.26.